The standard InChI is InChI=1S/C19H22FN3O3/c1-4-19(3)12(2)15(20)17(26-19)23-11-10-14(22-18(23)25)21-16(24)13-8-6-5-7-9-13/h5-12,15,17H,4H2,1-3H3,(H,21,22,24,25)/t12?,15-,17+,19+/m0/s1. The van der Waals surface area contributed by atoms with E-state index < -0.39 is 23.7 Å². The SMILES string of the molecule is CC[C@@]1(C)O[C@@H](n2ccc(NC(=O)c3ccccc3)nc2=O)[C@@H](F)C1C. The second kappa shape index (κ2) is 6.99. The molecule has 1 N–H and O–H groups in total. The first-order valence-electron chi connectivity index (χ1n) is 8.63. The van der Waals surface area contributed by atoms with Crippen molar-refractivity contribution < 1.29 is 13.9 Å². The molecule has 0 spiro atoms. The Morgan fingerprint density at radius 2 is 2.04 bits per heavy atom. The molecule has 1 aliphatic rings. The molecule has 1 saturated heterocycles. The average Bonchev–Trinajstić information content (AvgIpc) is 2.87. The maximum absolute atomic E-state index is 14.7. The Morgan fingerprint density at radius 1 is 1.35 bits per heavy atom. The molecule has 0 bridgehead atoms. The molecule has 1 fully saturated rings. The zero-order valence-electron chi connectivity index (χ0n) is 15.0. The van der Waals surface area contributed by atoms with Crippen molar-refractivity contribution in [2.45, 2.75) is 45.2 Å². The van der Waals surface area contributed by atoms with Crippen LogP contribution in [0.5, 0.6) is 0 Å². The molecule has 2 heterocycles. The molecule has 6 nitrogen and oxygen atoms in total. The second-order valence-electron chi connectivity index (χ2n) is 6.73. The molecule has 4 atom stereocenters. The fourth-order valence-corrected chi connectivity index (χ4v) is 3.10. The molecule has 0 radical (unpaired) electrons. The first-order valence-corrected chi connectivity index (χ1v) is 8.63. The summed E-state index contributed by atoms with van der Waals surface area (Å²) < 4.78 is 21.7. The number of ether oxygens (including phenoxy) is 1. The Kier molecular flexibility index (Phi) is 4.91. The quantitative estimate of drug-likeness (QED) is 0.910. The number of amides is 1. The normalized spacial score (nSPS) is 28.1. The van der Waals surface area contributed by atoms with Gasteiger partial charge in [0.15, 0.2) is 12.4 Å². The van der Waals surface area contributed by atoms with Crippen molar-refractivity contribution >= 4 is 11.7 Å². The number of carbonyl (C=O) groups is 1. The van der Waals surface area contributed by atoms with Gasteiger partial charge in [0.05, 0.1) is 5.60 Å². The Bertz CT molecular complexity index is 855. The third kappa shape index (κ3) is 3.26. The second-order valence-corrected chi connectivity index (χ2v) is 6.73. The number of nitrogens with zero attached hydrogens (tertiary/aromatic N) is 2. The van der Waals surface area contributed by atoms with Crippen LogP contribution in [0, 0.1) is 5.92 Å². The van der Waals surface area contributed by atoms with Crippen LogP contribution < -0.4 is 11.0 Å². The molecule has 1 aromatic carbocycles. The summed E-state index contributed by atoms with van der Waals surface area (Å²) in [5.74, 6) is -0.607. The van der Waals surface area contributed by atoms with Gasteiger partial charge in [0.2, 0.25) is 0 Å². The summed E-state index contributed by atoms with van der Waals surface area (Å²) >= 11 is 0. The van der Waals surface area contributed by atoms with Gasteiger partial charge in [-0.25, -0.2) is 9.18 Å². The lowest BCUT2D eigenvalue weighted by Gasteiger charge is -2.26. The van der Waals surface area contributed by atoms with Crippen molar-refractivity contribution in [3.8, 4) is 0 Å². The van der Waals surface area contributed by atoms with Crippen LogP contribution in [0.25, 0.3) is 0 Å². The summed E-state index contributed by atoms with van der Waals surface area (Å²) in [5.41, 5.74) is -0.853. The molecular formula is C19H22FN3O3. The molecule has 0 aliphatic carbocycles. The molecule has 7 heteroatoms. The maximum Gasteiger partial charge on any atom is 0.351 e. The number of rotatable bonds is 4. The lowest BCUT2D eigenvalue weighted by Crippen LogP contribution is -2.32. The van der Waals surface area contributed by atoms with Gasteiger partial charge in [0.25, 0.3) is 5.91 Å². The van der Waals surface area contributed by atoms with Gasteiger partial charge in [-0.15, -0.1) is 0 Å². The number of alkyl halides is 1. The van der Waals surface area contributed by atoms with Gasteiger partial charge in [-0.3, -0.25) is 9.36 Å². The number of benzene rings is 1. The molecule has 1 aromatic heterocycles. The topological polar surface area (TPSA) is 73.2 Å². The van der Waals surface area contributed by atoms with Crippen LogP contribution in [0.3, 0.4) is 0 Å². The molecule has 3 rings (SSSR count). The maximum atomic E-state index is 14.7. The predicted octanol–water partition coefficient (Wildman–Crippen LogP) is 3.17. The van der Waals surface area contributed by atoms with Crippen LogP contribution >= 0.6 is 0 Å². The van der Waals surface area contributed by atoms with Crippen LogP contribution in [0.1, 0.15) is 43.8 Å². The molecule has 2 aromatic rings. The highest BCUT2D eigenvalue weighted by Crippen LogP contribution is 2.44. The van der Waals surface area contributed by atoms with Gasteiger partial charge in [0, 0.05) is 17.7 Å². The Labute approximate surface area is 151 Å². The summed E-state index contributed by atoms with van der Waals surface area (Å²) in [6.45, 7) is 5.55. The summed E-state index contributed by atoms with van der Waals surface area (Å²) in [4.78, 5) is 28.3. The molecule has 138 valence electrons. The monoisotopic (exact) mass is 359 g/mol. The van der Waals surface area contributed by atoms with Crippen LogP contribution in [0.4, 0.5) is 10.2 Å². The predicted molar refractivity (Wildman–Crippen MR) is 95.8 cm³/mol. The van der Waals surface area contributed by atoms with Crippen molar-refractivity contribution in [1.29, 1.82) is 0 Å². The Morgan fingerprint density at radius 3 is 2.62 bits per heavy atom. The minimum atomic E-state index is -1.32. The van der Waals surface area contributed by atoms with E-state index in [0.717, 1.165) is 4.57 Å². The first kappa shape index (κ1) is 18.3. The van der Waals surface area contributed by atoms with E-state index in [-0.39, 0.29) is 17.6 Å². The summed E-state index contributed by atoms with van der Waals surface area (Å²) in [6.07, 6.45) is -0.294. The van der Waals surface area contributed by atoms with Gasteiger partial charge in [-0.1, -0.05) is 32.0 Å². The number of aromatic nitrogens is 2. The smallest absolute Gasteiger partial charge is 0.348 e. The molecular weight excluding hydrogens is 337 g/mol. The zero-order valence-corrected chi connectivity index (χ0v) is 15.0. The van der Waals surface area contributed by atoms with Crippen molar-refractivity contribution in [3.05, 3.63) is 58.6 Å². The molecule has 1 amide bonds. The fraction of sp³-hybridized carbons (Fsp3) is 0.421. The van der Waals surface area contributed by atoms with Crippen LogP contribution in [0.2, 0.25) is 0 Å². The van der Waals surface area contributed by atoms with Gasteiger partial charge < -0.3 is 10.1 Å². The van der Waals surface area contributed by atoms with E-state index in [2.05, 4.69) is 10.3 Å². The lowest BCUT2D eigenvalue weighted by atomic mass is 9.87. The van der Waals surface area contributed by atoms with E-state index in [1.54, 1.807) is 37.3 Å². The summed E-state index contributed by atoms with van der Waals surface area (Å²) in [7, 11) is 0. The number of hydrogen-bond acceptors (Lipinski definition) is 4. The van der Waals surface area contributed by atoms with E-state index in [9.17, 15) is 14.0 Å². The van der Waals surface area contributed by atoms with Crippen LogP contribution in [-0.2, 0) is 4.74 Å². The van der Waals surface area contributed by atoms with E-state index >= 15 is 0 Å². The van der Waals surface area contributed by atoms with Gasteiger partial charge in [0.1, 0.15) is 5.82 Å². The highest BCUT2D eigenvalue weighted by Gasteiger charge is 2.50. The van der Waals surface area contributed by atoms with Gasteiger partial charge in [-0.05, 0) is 31.5 Å². The zero-order chi connectivity index (χ0) is 18.9. The van der Waals surface area contributed by atoms with Crippen LogP contribution in [-0.4, -0.2) is 27.2 Å². The van der Waals surface area contributed by atoms with Crippen molar-refractivity contribution in [3.63, 3.8) is 0 Å². The highest BCUT2D eigenvalue weighted by molar-refractivity contribution is 6.03. The molecule has 26 heavy (non-hydrogen) atoms. The van der Waals surface area contributed by atoms with E-state index in [1.807, 2.05) is 13.8 Å². The number of anilines is 1. The summed E-state index contributed by atoms with van der Waals surface area (Å²) in [5, 5.41) is 2.57. The fourth-order valence-electron chi connectivity index (χ4n) is 3.10. The van der Waals surface area contributed by atoms with E-state index in [1.165, 1.54) is 12.3 Å². The van der Waals surface area contributed by atoms with Crippen molar-refractivity contribution in [1.82, 2.24) is 9.55 Å². The highest BCUT2D eigenvalue weighted by atomic mass is 19.1. The third-order valence-corrected chi connectivity index (χ3v) is 5.19. The number of hydrogen-bond donors (Lipinski definition) is 1. The number of halogens is 1. The Balaban J connectivity index is 1.80. The Hall–Kier alpha value is -2.54. The van der Waals surface area contributed by atoms with E-state index in [0.29, 0.717) is 12.0 Å². The number of nitrogens with one attached hydrogen (secondary N) is 1. The average molecular weight is 359 g/mol. The van der Waals surface area contributed by atoms with Gasteiger partial charge >= 0.3 is 5.69 Å². The minimum Gasteiger partial charge on any atom is -0.348 e. The third-order valence-electron chi connectivity index (χ3n) is 5.19. The number of carbonyl (C=O) groups excluding carboxylic acids is 1. The van der Waals surface area contributed by atoms with Gasteiger partial charge in [-0.2, -0.15) is 4.98 Å². The first-order chi connectivity index (χ1) is 12.4. The van der Waals surface area contributed by atoms with Crippen molar-refractivity contribution in [2.75, 3.05) is 5.32 Å². The molecule has 1 aliphatic heterocycles. The molecule has 1 unspecified atom stereocenters. The summed E-state index contributed by atoms with van der Waals surface area (Å²) in [6, 6.07) is 10.1. The van der Waals surface area contributed by atoms with Crippen molar-refractivity contribution in [2.24, 2.45) is 5.92 Å². The van der Waals surface area contributed by atoms with Crippen LogP contribution in [0.15, 0.2) is 47.4 Å². The molecule has 0 saturated carbocycles. The minimum absolute atomic E-state index is 0.111. The van der Waals surface area contributed by atoms with E-state index in [4.69, 9.17) is 4.74 Å². The lowest BCUT2D eigenvalue weighted by molar-refractivity contribution is -0.0808. The largest absolute Gasteiger partial charge is 0.351 e.